The average Bonchev–Trinajstić information content (AvgIpc) is 3.35. The van der Waals surface area contributed by atoms with Gasteiger partial charge in [0.2, 0.25) is 0 Å². The molecule has 0 bridgehead atoms. The monoisotopic (exact) mass is 454 g/mol. The van der Waals surface area contributed by atoms with Gasteiger partial charge in [-0.1, -0.05) is 30.3 Å². The molecule has 1 fully saturated rings. The highest BCUT2D eigenvalue weighted by Gasteiger charge is 2.42. The first-order chi connectivity index (χ1) is 16.1. The third-order valence-corrected chi connectivity index (χ3v) is 6.55. The number of methoxy groups -OCH3 is 1. The summed E-state index contributed by atoms with van der Waals surface area (Å²) in [6, 6.07) is 26.6. The SMILES string of the molecule is COc1cccc(-n2c(C)cc([C@H]3[C@@H](c4ccccn4)NC(=S)N3c3ccccc3)c2C)c1. The van der Waals surface area contributed by atoms with Gasteiger partial charge in [0.1, 0.15) is 5.75 Å². The fourth-order valence-corrected chi connectivity index (χ4v) is 5.12. The van der Waals surface area contributed by atoms with Crippen molar-refractivity contribution >= 4 is 23.0 Å². The van der Waals surface area contributed by atoms with Crippen molar-refractivity contribution < 1.29 is 4.74 Å². The first kappa shape index (κ1) is 21.2. The Morgan fingerprint density at radius 1 is 0.909 bits per heavy atom. The van der Waals surface area contributed by atoms with Gasteiger partial charge < -0.3 is 19.5 Å². The number of benzene rings is 2. The standard InChI is InChI=1S/C27H26N4OS/c1-18-16-23(19(2)30(18)21-12-9-13-22(17-21)32-3)26-25(24-14-7-8-15-28-24)29-27(33)31(26)20-10-5-4-6-11-20/h4-17,25-26H,1-3H3,(H,29,33)/t25-,26+/m1/s1. The van der Waals surface area contributed by atoms with Crippen LogP contribution in [0.3, 0.4) is 0 Å². The lowest BCUT2D eigenvalue weighted by molar-refractivity contribution is 0.414. The van der Waals surface area contributed by atoms with E-state index in [0.717, 1.165) is 28.5 Å². The Bertz CT molecular complexity index is 1290. The second kappa shape index (κ2) is 8.71. The molecule has 2 atom stereocenters. The van der Waals surface area contributed by atoms with Gasteiger partial charge >= 0.3 is 0 Å². The van der Waals surface area contributed by atoms with Gasteiger partial charge in [-0.25, -0.2) is 0 Å². The van der Waals surface area contributed by atoms with Crippen molar-refractivity contribution in [3.05, 3.63) is 108 Å². The summed E-state index contributed by atoms with van der Waals surface area (Å²) in [7, 11) is 1.69. The summed E-state index contributed by atoms with van der Waals surface area (Å²) in [5.41, 5.74) is 6.63. The second-order valence-electron chi connectivity index (χ2n) is 8.20. The molecule has 166 valence electrons. The fraction of sp³-hybridized carbons (Fsp3) is 0.185. The normalized spacial score (nSPS) is 17.8. The number of thiocarbonyl (C=S) groups is 1. The van der Waals surface area contributed by atoms with E-state index >= 15 is 0 Å². The number of aryl methyl sites for hydroxylation is 1. The number of rotatable bonds is 5. The number of ether oxygens (including phenoxy) is 1. The van der Waals surface area contributed by atoms with Crippen LogP contribution in [0, 0.1) is 13.8 Å². The van der Waals surface area contributed by atoms with E-state index in [4.69, 9.17) is 17.0 Å². The molecule has 5 nitrogen and oxygen atoms in total. The zero-order chi connectivity index (χ0) is 22.9. The molecule has 0 saturated carbocycles. The molecule has 0 radical (unpaired) electrons. The number of aromatic nitrogens is 2. The number of pyridine rings is 1. The Kier molecular flexibility index (Phi) is 5.60. The van der Waals surface area contributed by atoms with Crippen molar-refractivity contribution in [2.45, 2.75) is 25.9 Å². The quantitative estimate of drug-likeness (QED) is 0.393. The van der Waals surface area contributed by atoms with Gasteiger partial charge in [0.15, 0.2) is 5.11 Å². The molecule has 6 heteroatoms. The van der Waals surface area contributed by atoms with E-state index in [1.807, 2.05) is 48.7 Å². The van der Waals surface area contributed by atoms with Crippen molar-refractivity contribution in [1.82, 2.24) is 14.9 Å². The molecule has 4 aromatic rings. The highest BCUT2D eigenvalue weighted by atomic mass is 32.1. The molecule has 1 N–H and O–H groups in total. The maximum absolute atomic E-state index is 5.85. The van der Waals surface area contributed by atoms with Gasteiger partial charge in [-0.05, 0) is 74.1 Å². The molecule has 2 aromatic carbocycles. The van der Waals surface area contributed by atoms with Crippen molar-refractivity contribution in [1.29, 1.82) is 0 Å². The molecule has 1 saturated heterocycles. The second-order valence-corrected chi connectivity index (χ2v) is 8.58. The van der Waals surface area contributed by atoms with E-state index in [-0.39, 0.29) is 12.1 Å². The molecule has 0 aliphatic carbocycles. The Hall–Kier alpha value is -3.64. The lowest BCUT2D eigenvalue weighted by atomic mass is 9.96. The Balaban J connectivity index is 1.67. The topological polar surface area (TPSA) is 42.3 Å². The van der Waals surface area contributed by atoms with Gasteiger partial charge in [-0.2, -0.15) is 0 Å². The maximum Gasteiger partial charge on any atom is 0.174 e. The number of nitrogens with zero attached hydrogens (tertiary/aromatic N) is 3. The molecule has 0 unspecified atom stereocenters. The number of anilines is 1. The summed E-state index contributed by atoms with van der Waals surface area (Å²) >= 11 is 5.85. The van der Waals surface area contributed by atoms with Crippen LogP contribution in [0.4, 0.5) is 5.69 Å². The van der Waals surface area contributed by atoms with E-state index in [1.165, 1.54) is 11.3 Å². The highest BCUT2D eigenvalue weighted by molar-refractivity contribution is 7.80. The van der Waals surface area contributed by atoms with Crippen molar-refractivity contribution in [3.63, 3.8) is 0 Å². The van der Waals surface area contributed by atoms with E-state index in [9.17, 15) is 0 Å². The molecular formula is C27H26N4OS. The van der Waals surface area contributed by atoms with E-state index in [2.05, 4.69) is 70.0 Å². The maximum atomic E-state index is 5.85. The van der Waals surface area contributed by atoms with Crippen LogP contribution in [-0.2, 0) is 0 Å². The van der Waals surface area contributed by atoms with Crippen LogP contribution >= 0.6 is 12.2 Å². The van der Waals surface area contributed by atoms with Crippen LogP contribution in [0.2, 0.25) is 0 Å². The Morgan fingerprint density at radius 3 is 2.39 bits per heavy atom. The van der Waals surface area contributed by atoms with Crippen molar-refractivity contribution in [2.75, 3.05) is 12.0 Å². The van der Waals surface area contributed by atoms with Crippen LogP contribution in [0.15, 0.2) is 85.1 Å². The van der Waals surface area contributed by atoms with Gasteiger partial charge in [-0.3, -0.25) is 4.98 Å². The molecule has 3 heterocycles. The van der Waals surface area contributed by atoms with E-state index < -0.39 is 0 Å². The minimum Gasteiger partial charge on any atom is -0.497 e. The van der Waals surface area contributed by atoms with E-state index in [1.54, 1.807) is 7.11 Å². The fourth-order valence-electron chi connectivity index (χ4n) is 4.77. The van der Waals surface area contributed by atoms with Gasteiger partial charge in [-0.15, -0.1) is 0 Å². The summed E-state index contributed by atoms with van der Waals surface area (Å²) in [5.74, 6) is 0.836. The summed E-state index contributed by atoms with van der Waals surface area (Å²) in [4.78, 5) is 6.88. The zero-order valence-corrected chi connectivity index (χ0v) is 19.7. The molecule has 0 spiro atoms. The predicted molar refractivity (Wildman–Crippen MR) is 136 cm³/mol. The number of nitrogens with one attached hydrogen (secondary N) is 1. The van der Waals surface area contributed by atoms with E-state index in [0.29, 0.717) is 5.11 Å². The van der Waals surface area contributed by atoms with Crippen LogP contribution in [0.25, 0.3) is 5.69 Å². The molecule has 5 rings (SSSR count). The lowest BCUT2D eigenvalue weighted by Gasteiger charge is -2.28. The number of hydrogen-bond acceptors (Lipinski definition) is 3. The summed E-state index contributed by atoms with van der Waals surface area (Å²) in [5, 5.41) is 4.25. The Labute approximate surface area is 199 Å². The van der Waals surface area contributed by atoms with Crippen LogP contribution in [0.1, 0.15) is 34.7 Å². The molecular weight excluding hydrogens is 428 g/mol. The van der Waals surface area contributed by atoms with Gasteiger partial charge in [0.25, 0.3) is 0 Å². The zero-order valence-electron chi connectivity index (χ0n) is 18.9. The minimum absolute atomic E-state index is 0.0413. The summed E-state index contributed by atoms with van der Waals surface area (Å²) in [6.07, 6.45) is 1.84. The average molecular weight is 455 g/mol. The van der Waals surface area contributed by atoms with Crippen LogP contribution in [-0.4, -0.2) is 21.8 Å². The first-order valence-corrected chi connectivity index (χ1v) is 11.4. The minimum atomic E-state index is -0.0711. The predicted octanol–water partition coefficient (Wildman–Crippen LogP) is 5.67. The van der Waals surface area contributed by atoms with Crippen molar-refractivity contribution in [3.8, 4) is 11.4 Å². The summed E-state index contributed by atoms with van der Waals surface area (Å²) < 4.78 is 7.75. The van der Waals surface area contributed by atoms with Crippen LogP contribution < -0.4 is 15.0 Å². The smallest absolute Gasteiger partial charge is 0.174 e. The largest absolute Gasteiger partial charge is 0.497 e. The highest BCUT2D eigenvalue weighted by Crippen LogP contribution is 2.43. The summed E-state index contributed by atoms with van der Waals surface area (Å²) in [6.45, 7) is 4.31. The lowest BCUT2D eigenvalue weighted by Crippen LogP contribution is -2.29. The third kappa shape index (κ3) is 3.76. The van der Waals surface area contributed by atoms with Crippen molar-refractivity contribution in [2.24, 2.45) is 0 Å². The molecule has 33 heavy (non-hydrogen) atoms. The Morgan fingerprint density at radius 2 is 1.67 bits per heavy atom. The van der Waals surface area contributed by atoms with Crippen LogP contribution in [0.5, 0.6) is 5.75 Å². The number of para-hydroxylation sites is 1. The molecule has 1 aliphatic heterocycles. The number of hydrogen-bond donors (Lipinski definition) is 1. The first-order valence-electron chi connectivity index (χ1n) is 11.0. The molecule has 2 aromatic heterocycles. The van der Waals surface area contributed by atoms with Gasteiger partial charge in [0.05, 0.1) is 24.9 Å². The molecule has 1 aliphatic rings. The van der Waals surface area contributed by atoms with Gasteiger partial charge in [0, 0.05) is 35.0 Å². The molecule has 0 amide bonds. The third-order valence-electron chi connectivity index (χ3n) is 6.23.